The molecule has 92 valence electrons. The highest BCUT2D eigenvalue weighted by molar-refractivity contribution is 7.81. The first-order chi connectivity index (χ1) is 7.57. The van der Waals surface area contributed by atoms with Crippen molar-refractivity contribution in [3.8, 4) is 0 Å². The molecule has 4 saturated carbocycles. The van der Waals surface area contributed by atoms with E-state index < -0.39 is 10.4 Å². The van der Waals surface area contributed by atoms with Crippen LogP contribution in [0.3, 0.4) is 0 Å². The monoisotopic (exact) mass is 246 g/mol. The molecule has 5 heteroatoms. The van der Waals surface area contributed by atoms with Crippen LogP contribution in [0, 0.1) is 23.7 Å². The average molecular weight is 246 g/mol. The summed E-state index contributed by atoms with van der Waals surface area (Å²) in [5.41, 5.74) is 0. The Kier molecular flexibility index (Phi) is 2.53. The molecule has 4 fully saturated rings. The van der Waals surface area contributed by atoms with E-state index in [9.17, 15) is 8.42 Å². The van der Waals surface area contributed by atoms with Crippen LogP contribution in [0.5, 0.6) is 0 Å². The van der Waals surface area contributed by atoms with Gasteiger partial charge >= 0.3 is 10.4 Å². The molecule has 4 bridgehead atoms. The fourth-order valence-electron chi connectivity index (χ4n) is 4.21. The van der Waals surface area contributed by atoms with Gasteiger partial charge in [0.25, 0.3) is 0 Å². The van der Waals surface area contributed by atoms with Crippen LogP contribution in [-0.2, 0) is 18.8 Å². The third-order valence-corrected chi connectivity index (χ3v) is 5.44. The van der Waals surface area contributed by atoms with Crippen molar-refractivity contribution < 1.29 is 16.8 Å². The zero-order valence-electron chi connectivity index (χ0n) is 9.46. The smallest absolute Gasteiger partial charge is 0.252 e. The summed E-state index contributed by atoms with van der Waals surface area (Å²) in [4.78, 5) is 0. The van der Waals surface area contributed by atoms with Gasteiger partial charge in [-0.25, -0.2) is 4.18 Å². The minimum Gasteiger partial charge on any atom is -0.252 e. The molecule has 0 saturated heterocycles. The van der Waals surface area contributed by atoms with Crippen LogP contribution in [0.1, 0.15) is 32.1 Å². The van der Waals surface area contributed by atoms with E-state index in [4.69, 9.17) is 4.18 Å². The van der Waals surface area contributed by atoms with Gasteiger partial charge in [0.2, 0.25) is 0 Å². The summed E-state index contributed by atoms with van der Waals surface area (Å²) in [5.74, 6) is 2.54. The Morgan fingerprint density at radius 3 is 1.88 bits per heavy atom. The van der Waals surface area contributed by atoms with Gasteiger partial charge in [0.15, 0.2) is 0 Å². The molecule has 0 aromatic rings. The van der Waals surface area contributed by atoms with Crippen molar-refractivity contribution in [1.29, 1.82) is 0 Å². The summed E-state index contributed by atoms with van der Waals surface area (Å²) < 4.78 is 32.3. The van der Waals surface area contributed by atoms with Gasteiger partial charge < -0.3 is 0 Å². The van der Waals surface area contributed by atoms with Gasteiger partial charge in [0.1, 0.15) is 0 Å². The first-order valence-electron chi connectivity index (χ1n) is 6.06. The first-order valence-corrected chi connectivity index (χ1v) is 7.39. The lowest BCUT2D eigenvalue weighted by Gasteiger charge is -2.53. The van der Waals surface area contributed by atoms with Crippen molar-refractivity contribution in [3.05, 3.63) is 0 Å². The second-order valence-electron chi connectivity index (χ2n) is 5.57. The normalized spacial score (nSPS) is 46.2. The molecule has 0 aromatic carbocycles. The van der Waals surface area contributed by atoms with E-state index in [1.54, 1.807) is 0 Å². The first kappa shape index (κ1) is 11.0. The molecular formula is C11H18O4S. The Labute approximate surface area is 96.6 Å². The highest BCUT2D eigenvalue weighted by atomic mass is 32.3. The fraction of sp³-hybridized carbons (Fsp3) is 1.00. The molecule has 0 aromatic heterocycles. The fourth-order valence-corrected chi connectivity index (χ4v) is 4.87. The molecule has 0 unspecified atom stereocenters. The van der Waals surface area contributed by atoms with Gasteiger partial charge in [-0.15, -0.1) is 0 Å². The SMILES string of the molecule is COS(=O)(=O)OC1C2CC3CC(C2)CC1C3. The van der Waals surface area contributed by atoms with E-state index >= 15 is 0 Å². The zero-order chi connectivity index (χ0) is 11.3. The largest absolute Gasteiger partial charge is 0.399 e. The summed E-state index contributed by atoms with van der Waals surface area (Å²) in [6.07, 6.45) is 5.84. The Bertz CT molecular complexity index is 347. The number of hydrogen-bond donors (Lipinski definition) is 0. The van der Waals surface area contributed by atoms with Crippen LogP contribution in [0.4, 0.5) is 0 Å². The zero-order valence-corrected chi connectivity index (χ0v) is 10.3. The summed E-state index contributed by atoms with van der Waals surface area (Å²) in [5, 5.41) is 0. The quantitative estimate of drug-likeness (QED) is 0.761. The summed E-state index contributed by atoms with van der Waals surface area (Å²) >= 11 is 0. The molecular weight excluding hydrogens is 228 g/mol. The maximum Gasteiger partial charge on any atom is 0.399 e. The molecule has 4 rings (SSSR count). The predicted octanol–water partition coefficient (Wildman–Crippen LogP) is 1.72. The van der Waals surface area contributed by atoms with Gasteiger partial charge in [0.05, 0.1) is 13.2 Å². The molecule has 4 nitrogen and oxygen atoms in total. The second-order valence-corrected chi connectivity index (χ2v) is 6.91. The van der Waals surface area contributed by atoms with E-state index in [1.165, 1.54) is 6.42 Å². The van der Waals surface area contributed by atoms with Crippen LogP contribution in [-0.4, -0.2) is 21.6 Å². The van der Waals surface area contributed by atoms with E-state index in [2.05, 4.69) is 4.18 Å². The second kappa shape index (κ2) is 3.68. The Balaban J connectivity index is 1.77. The average Bonchev–Trinajstić information content (AvgIpc) is 2.22. The van der Waals surface area contributed by atoms with E-state index in [1.807, 2.05) is 0 Å². The van der Waals surface area contributed by atoms with Crippen molar-refractivity contribution in [2.75, 3.05) is 7.11 Å². The van der Waals surface area contributed by atoms with E-state index in [0.717, 1.165) is 44.6 Å². The maximum atomic E-state index is 11.3. The van der Waals surface area contributed by atoms with Crippen molar-refractivity contribution in [2.45, 2.75) is 38.2 Å². The lowest BCUT2D eigenvalue weighted by molar-refractivity contribution is -0.0806. The topological polar surface area (TPSA) is 52.6 Å². The predicted molar refractivity (Wildman–Crippen MR) is 57.8 cm³/mol. The third-order valence-electron chi connectivity index (χ3n) is 4.57. The van der Waals surface area contributed by atoms with Crippen LogP contribution in [0.25, 0.3) is 0 Å². The van der Waals surface area contributed by atoms with Gasteiger partial charge in [-0.3, -0.25) is 4.18 Å². The van der Waals surface area contributed by atoms with E-state index in [-0.39, 0.29) is 6.10 Å². The highest BCUT2D eigenvalue weighted by Gasteiger charge is 2.50. The van der Waals surface area contributed by atoms with Crippen molar-refractivity contribution in [3.63, 3.8) is 0 Å². The van der Waals surface area contributed by atoms with Gasteiger partial charge in [-0.1, -0.05) is 0 Å². The summed E-state index contributed by atoms with van der Waals surface area (Å²) in [7, 11) is -2.61. The van der Waals surface area contributed by atoms with Crippen molar-refractivity contribution in [2.24, 2.45) is 23.7 Å². The molecule has 0 atom stereocenters. The summed E-state index contributed by atoms with van der Waals surface area (Å²) in [6, 6.07) is 0. The lowest BCUT2D eigenvalue weighted by atomic mass is 9.55. The van der Waals surface area contributed by atoms with Gasteiger partial charge in [-0.2, -0.15) is 8.42 Å². The van der Waals surface area contributed by atoms with Crippen LogP contribution in [0.2, 0.25) is 0 Å². The minimum atomic E-state index is -3.76. The molecule has 4 aliphatic rings. The van der Waals surface area contributed by atoms with E-state index in [0.29, 0.717) is 11.8 Å². The molecule has 16 heavy (non-hydrogen) atoms. The molecule has 4 aliphatic carbocycles. The molecule has 0 spiro atoms. The Hall–Kier alpha value is -0.130. The third kappa shape index (κ3) is 1.79. The highest BCUT2D eigenvalue weighted by Crippen LogP contribution is 2.54. The van der Waals surface area contributed by atoms with Gasteiger partial charge in [-0.05, 0) is 55.8 Å². The van der Waals surface area contributed by atoms with Crippen molar-refractivity contribution >= 4 is 10.4 Å². The maximum absolute atomic E-state index is 11.3. The molecule has 0 radical (unpaired) electrons. The lowest BCUT2D eigenvalue weighted by Crippen LogP contribution is -2.50. The molecule has 0 amide bonds. The molecule has 0 aliphatic heterocycles. The van der Waals surface area contributed by atoms with Crippen molar-refractivity contribution in [1.82, 2.24) is 0 Å². The van der Waals surface area contributed by atoms with Crippen LogP contribution < -0.4 is 0 Å². The number of rotatable bonds is 3. The Morgan fingerprint density at radius 2 is 1.44 bits per heavy atom. The van der Waals surface area contributed by atoms with Crippen LogP contribution in [0.15, 0.2) is 0 Å². The number of hydrogen-bond acceptors (Lipinski definition) is 4. The molecule has 0 heterocycles. The van der Waals surface area contributed by atoms with Gasteiger partial charge in [0, 0.05) is 0 Å². The molecule has 0 N–H and O–H groups in total. The summed E-state index contributed by atoms with van der Waals surface area (Å²) in [6.45, 7) is 0. The van der Waals surface area contributed by atoms with Crippen LogP contribution >= 0.6 is 0 Å². The standard InChI is InChI=1S/C11H18O4S/c1-14-16(12,13)15-11-9-3-7-2-8(5-9)6-10(11)4-7/h7-11H,2-6H2,1H3. The minimum absolute atomic E-state index is 0.113. The Morgan fingerprint density at radius 1 is 0.938 bits per heavy atom.